The SMILES string of the molecule is C=C(C)CN(CC)Cc1cccc(F)c1N. The van der Waals surface area contributed by atoms with Crippen LogP contribution in [0.15, 0.2) is 30.4 Å². The molecule has 0 saturated heterocycles. The third-order valence-corrected chi connectivity index (χ3v) is 2.48. The van der Waals surface area contributed by atoms with Crippen molar-refractivity contribution in [3.63, 3.8) is 0 Å². The summed E-state index contributed by atoms with van der Waals surface area (Å²) in [5.74, 6) is -0.344. The number of anilines is 1. The standard InChI is InChI=1S/C13H19FN2/c1-4-16(8-10(2)3)9-11-6-5-7-12(14)13(11)15/h5-7H,2,4,8-9,15H2,1,3H3. The highest BCUT2D eigenvalue weighted by Crippen LogP contribution is 2.17. The van der Waals surface area contributed by atoms with Gasteiger partial charge in [-0.15, -0.1) is 0 Å². The number of likely N-dealkylation sites (N-methyl/N-ethyl adjacent to an activating group) is 1. The van der Waals surface area contributed by atoms with E-state index in [0.717, 1.165) is 24.2 Å². The van der Waals surface area contributed by atoms with Crippen LogP contribution in [-0.4, -0.2) is 18.0 Å². The summed E-state index contributed by atoms with van der Waals surface area (Å²) in [5.41, 5.74) is 7.88. The lowest BCUT2D eigenvalue weighted by Crippen LogP contribution is -2.25. The number of para-hydroxylation sites is 1. The summed E-state index contributed by atoms with van der Waals surface area (Å²) < 4.78 is 13.2. The van der Waals surface area contributed by atoms with Gasteiger partial charge in [-0.1, -0.05) is 31.2 Å². The normalized spacial score (nSPS) is 10.8. The first kappa shape index (κ1) is 12.7. The van der Waals surface area contributed by atoms with E-state index < -0.39 is 0 Å². The second-order valence-corrected chi connectivity index (χ2v) is 4.07. The number of nitrogens with two attached hydrogens (primary N) is 1. The number of hydrogen-bond acceptors (Lipinski definition) is 2. The number of hydrogen-bond donors (Lipinski definition) is 1. The van der Waals surface area contributed by atoms with Gasteiger partial charge in [0.1, 0.15) is 5.82 Å². The van der Waals surface area contributed by atoms with E-state index in [0.29, 0.717) is 6.54 Å². The van der Waals surface area contributed by atoms with Crippen LogP contribution >= 0.6 is 0 Å². The Morgan fingerprint density at radius 1 is 1.50 bits per heavy atom. The summed E-state index contributed by atoms with van der Waals surface area (Å²) in [4.78, 5) is 2.17. The Hall–Kier alpha value is -1.35. The zero-order valence-electron chi connectivity index (χ0n) is 9.96. The molecule has 0 aliphatic carbocycles. The maximum Gasteiger partial charge on any atom is 0.146 e. The van der Waals surface area contributed by atoms with Gasteiger partial charge in [0, 0.05) is 13.1 Å². The fourth-order valence-electron chi connectivity index (χ4n) is 1.62. The van der Waals surface area contributed by atoms with Crippen molar-refractivity contribution in [3.8, 4) is 0 Å². The van der Waals surface area contributed by atoms with Crippen LogP contribution in [0.2, 0.25) is 0 Å². The summed E-state index contributed by atoms with van der Waals surface area (Å²) in [6.45, 7) is 10.3. The van der Waals surface area contributed by atoms with Crippen molar-refractivity contribution >= 4 is 5.69 Å². The third-order valence-electron chi connectivity index (χ3n) is 2.48. The van der Waals surface area contributed by atoms with Crippen molar-refractivity contribution in [2.24, 2.45) is 0 Å². The molecule has 0 aliphatic rings. The molecule has 1 aromatic rings. The Bertz CT molecular complexity index is 374. The Kier molecular flexibility index (Phi) is 4.50. The summed E-state index contributed by atoms with van der Waals surface area (Å²) in [7, 11) is 0. The molecule has 0 atom stereocenters. The van der Waals surface area contributed by atoms with Gasteiger partial charge in [-0.25, -0.2) is 4.39 Å². The van der Waals surface area contributed by atoms with E-state index in [-0.39, 0.29) is 11.5 Å². The average molecular weight is 222 g/mol. The largest absolute Gasteiger partial charge is 0.396 e. The van der Waals surface area contributed by atoms with E-state index in [4.69, 9.17) is 5.73 Å². The highest BCUT2D eigenvalue weighted by Gasteiger charge is 2.08. The van der Waals surface area contributed by atoms with Crippen LogP contribution in [-0.2, 0) is 6.54 Å². The first-order chi connectivity index (χ1) is 7.54. The van der Waals surface area contributed by atoms with Crippen molar-refractivity contribution in [2.45, 2.75) is 20.4 Å². The minimum Gasteiger partial charge on any atom is -0.396 e. The van der Waals surface area contributed by atoms with Gasteiger partial charge in [0.25, 0.3) is 0 Å². The summed E-state index contributed by atoms with van der Waals surface area (Å²) in [5, 5.41) is 0. The Morgan fingerprint density at radius 3 is 2.75 bits per heavy atom. The molecule has 0 radical (unpaired) electrons. The van der Waals surface area contributed by atoms with Crippen molar-refractivity contribution in [2.75, 3.05) is 18.8 Å². The first-order valence-electron chi connectivity index (χ1n) is 5.44. The Morgan fingerprint density at radius 2 is 2.19 bits per heavy atom. The number of nitrogen functional groups attached to an aromatic ring is 1. The molecule has 0 bridgehead atoms. The fraction of sp³-hybridized carbons (Fsp3) is 0.385. The van der Waals surface area contributed by atoms with Crippen LogP contribution in [0, 0.1) is 5.82 Å². The predicted molar refractivity (Wildman–Crippen MR) is 66.6 cm³/mol. The number of nitrogens with zero attached hydrogens (tertiary/aromatic N) is 1. The molecule has 2 nitrogen and oxygen atoms in total. The van der Waals surface area contributed by atoms with Crippen molar-refractivity contribution in [1.29, 1.82) is 0 Å². The minimum atomic E-state index is -0.344. The molecular formula is C13H19FN2. The monoisotopic (exact) mass is 222 g/mol. The maximum atomic E-state index is 13.2. The highest BCUT2D eigenvalue weighted by molar-refractivity contribution is 5.47. The van der Waals surface area contributed by atoms with Gasteiger partial charge < -0.3 is 5.73 Å². The Balaban J connectivity index is 2.77. The van der Waals surface area contributed by atoms with E-state index in [9.17, 15) is 4.39 Å². The van der Waals surface area contributed by atoms with Crippen LogP contribution in [0.25, 0.3) is 0 Å². The van der Waals surface area contributed by atoms with Gasteiger partial charge in [-0.2, -0.15) is 0 Å². The molecule has 0 fully saturated rings. The van der Waals surface area contributed by atoms with E-state index >= 15 is 0 Å². The maximum absolute atomic E-state index is 13.2. The van der Waals surface area contributed by atoms with E-state index in [1.54, 1.807) is 6.07 Å². The molecule has 0 aromatic heterocycles. The van der Waals surface area contributed by atoms with E-state index in [2.05, 4.69) is 18.4 Å². The van der Waals surface area contributed by atoms with Crippen LogP contribution < -0.4 is 5.73 Å². The predicted octanol–water partition coefficient (Wildman–Crippen LogP) is 2.81. The molecule has 0 heterocycles. The lowest BCUT2D eigenvalue weighted by Gasteiger charge is -2.21. The van der Waals surface area contributed by atoms with Gasteiger partial charge in [-0.05, 0) is 25.1 Å². The summed E-state index contributed by atoms with van der Waals surface area (Å²) in [6, 6.07) is 4.93. The van der Waals surface area contributed by atoms with Gasteiger partial charge in [0.05, 0.1) is 5.69 Å². The lowest BCUT2D eigenvalue weighted by atomic mass is 10.1. The van der Waals surface area contributed by atoms with Crippen molar-refractivity contribution in [1.82, 2.24) is 4.90 Å². The van der Waals surface area contributed by atoms with Gasteiger partial charge >= 0.3 is 0 Å². The summed E-state index contributed by atoms with van der Waals surface area (Å²) >= 11 is 0. The quantitative estimate of drug-likeness (QED) is 0.613. The van der Waals surface area contributed by atoms with Crippen LogP contribution in [0.4, 0.5) is 10.1 Å². The zero-order valence-corrected chi connectivity index (χ0v) is 9.96. The van der Waals surface area contributed by atoms with E-state index in [1.165, 1.54) is 6.07 Å². The van der Waals surface area contributed by atoms with Gasteiger partial charge in [0.2, 0.25) is 0 Å². The van der Waals surface area contributed by atoms with E-state index in [1.807, 2.05) is 13.0 Å². The topological polar surface area (TPSA) is 29.3 Å². The van der Waals surface area contributed by atoms with Gasteiger partial charge in [0.15, 0.2) is 0 Å². The molecule has 0 unspecified atom stereocenters. The lowest BCUT2D eigenvalue weighted by molar-refractivity contribution is 0.304. The minimum absolute atomic E-state index is 0.252. The second-order valence-electron chi connectivity index (χ2n) is 4.07. The molecule has 0 saturated carbocycles. The van der Waals surface area contributed by atoms with Crippen LogP contribution in [0.1, 0.15) is 19.4 Å². The zero-order chi connectivity index (χ0) is 12.1. The Labute approximate surface area is 96.6 Å². The summed E-state index contributed by atoms with van der Waals surface area (Å²) in [6.07, 6.45) is 0. The molecule has 2 N–H and O–H groups in total. The molecule has 0 spiro atoms. The third kappa shape index (κ3) is 3.35. The molecule has 88 valence electrons. The smallest absolute Gasteiger partial charge is 0.146 e. The molecule has 0 aliphatic heterocycles. The molecule has 1 rings (SSSR count). The van der Waals surface area contributed by atoms with Gasteiger partial charge in [-0.3, -0.25) is 4.90 Å². The molecule has 0 amide bonds. The molecule has 3 heteroatoms. The number of rotatable bonds is 5. The van der Waals surface area contributed by atoms with Crippen molar-refractivity contribution < 1.29 is 4.39 Å². The fourth-order valence-corrected chi connectivity index (χ4v) is 1.62. The van der Waals surface area contributed by atoms with Crippen LogP contribution in [0.5, 0.6) is 0 Å². The number of halogens is 1. The number of benzene rings is 1. The molecule has 1 aromatic carbocycles. The first-order valence-corrected chi connectivity index (χ1v) is 5.44. The molecular weight excluding hydrogens is 203 g/mol. The average Bonchev–Trinajstić information content (AvgIpc) is 2.23. The van der Waals surface area contributed by atoms with Crippen LogP contribution in [0.3, 0.4) is 0 Å². The molecule has 16 heavy (non-hydrogen) atoms. The highest BCUT2D eigenvalue weighted by atomic mass is 19.1. The van der Waals surface area contributed by atoms with Crippen molar-refractivity contribution in [3.05, 3.63) is 41.7 Å². The second kappa shape index (κ2) is 5.66.